The summed E-state index contributed by atoms with van der Waals surface area (Å²) in [5, 5.41) is 14.7. The highest BCUT2D eigenvalue weighted by molar-refractivity contribution is 5.75. The predicted molar refractivity (Wildman–Crippen MR) is 97.3 cm³/mol. The average molecular weight is 338 g/mol. The van der Waals surface area contributed by atoms with E-state index in [2.05, 4.69) is 20.6 Å². The van der Waals surface area contributed by atoms with E-state index in [4.69, 9.17) is 5.11 Å². The standard InChI is InChI=1S/C19H22N4O2/c24-13-15-7-5-14(6-8-15)9-11-20-19(25)21-12-10-18-22-16-3-1-2-4-17(16)23-18/h1-8,24H,9-13H2,(H,22,23)(H2,20,21,25). The summed E-state index contributed by atoms with van der Waals surface area (Å²) in [5.41, 5.74) is 3.96. The van der Waals surface area contributed by atoms with Crippen molar-refractivity contribution in [2.45, 2.75) is 19.4 Å². The number of aromatic amines is 1. The van der Waals surface area contributed by atoms with Gasteiger partial charge in [-0.1, -0.05) is 36.4 Å². The molecule has 1 heterocycles. The molecule has 2 amide bonds. The van der Waals surface area contributed by atoms with Crippen molar-refractivity contribution in [2.24, 2.45) is 0 Å². The molecule has 2 aromatic carbocycles. The highest BCUT2D eigenvalue weighted by atomic mass is 16.3. The molecule has 3 rings (SSSR count). The van der Waals surface area contributed by atoms with Crippen LogP contribution in [0.2, 0.25) is 0 Å². The maximum absolute atomic E-state index is 11.8. The summed E-state index contributed by atoms with van der Waals surface area (Å²) in [6.07, 6.45) is 1.41. The van der Waals surface area contributed by atoms with E-state index < -0.39 is 0 Å². The Balaban J connectivity index is 1.36. The number of aromatic nitrogens is 2. The van der Waals surface area contributed by atoms with E-state index in [1.54, 1.807) is 0 Å². The molecule has 25 heavy (non-hydrogen) atoms. The number of nitrogens with one attached hydrogen (secondary N) is 3. The van der Waals surface area contributed by atoms with Gasteiger partial charge in [0.2, 0.25) is 0 Å². The largest absolute Gasteiger partial charge is 0.392 e. The van der Waals surface area contributed by atoms with Crippen LogP contribution in [0.3, 0.4) is 0 Å². The molecule has 4 N–H and O–H groups in total. The smallest absolute Gasteiger partial charge is 0.314 e. The Morgan fingerprint density at radius 2 is 1.64 bits per heavy atom. The van der Waals surface area contributed by atoms with Crippen LogP contribution < -0.4 is 10.6 Å². The molecule has 0 spiro atoms. The van der Waals surface area contributed by atoms with Crippen molar-refractivity contribution in [3.05, 3.63) is 65.5 Å². The van der Waals surface area contributed by atoms with Gasteiger partial charge in [0.25, 0.3) is 0 Å². The van der Waals surface area contributed by atoms with Crippen LogP contribution in [0.25, 0.3) is 11.0 Å². The number of fused-ring (bicyclic) bond motifs is 1. The van der Waals surface area contributed by atoms with Crippen molar-refractivity contribution >= 4 is 17.1 Å². The van der Waals surface area contributed by atoms with E-state index in [0.717, 1.165) is 34.4 Å². The zero-order chi connectivity index (χ0) is 17.5. The third-order valence-corrected chi connectivity index (χ3v) is 3.99. The molecule has 0 unspecified atom stereocenters. The van der Waals surface area contributed by atoms with Crippen molar-refractivity contribution in [1.29, 1.82) is 0 Å². The lowest BCUT2D eigenvalue weighted by atomic mass is 10.1. The third kappa shape index (κ3) is 4.81. The number of carbonyl (C=O) groups excluding carboxylic acids is 1. The number of aliphatic hydroxyl groups excluding tert-OH is 1. The lowest BCUT2D eigenvalue weighted by Crippen LogP contribution is -2.37. The number of benzene rings is 2. The number of nitrogens with zero attached hydrogens (tertiary/aromatic N) is 1. The Morgan fingerprint density at radius 3 is 2.36 bits per heavy atom. The molecule has 6 heteroatoms. The highest BCUT2D eigenvalue weighted by Gasteiger charge is 2.04. The number of hydrogen-bond donors (Lipinski definition) is 4. The number of rotatable bonds is 7. The van der Waals surface area contributed by atoms with Crippen LogP contribution in [0.5, 0.6) is 0 Å². The summed E-state index contributed by atoms with van der Waals surface area (Å²) in [5.74, 6) is 0.866. The Kier molecular flexibility index (Phi) is 5.64. The Labute approximate surface area is 146 Å². The van der Waals surface area contributed by atoms with Crippen molar-refractivity contribution in [2.75, 3.05) is 13.1 Å². The first-order chi connectivity index (χ1) is 12.2. The summed E-state index contributed by atoms with van der Waals surface area (Å²) in [7, 11) is 0. The second kappa shape index (κ2) is 8.30. The molecule has 6 nitrogen and oxygen atoms in total. The number of carbonyl (C=O) groups is 1. The zero-order valence-corrected chi connectivity index (χ0v) is 14.0. The molecule has 130 valence electrons. The summed E-state index contributed by atoms with van der Waals surface area (Å²) in [6, 6.07) is 15.4. The average Bonchev–Trinajstić information content (AvgIpc) is 3.05. The number of urea groups is 1. The van der Waals surface area contributed by atoms with Crippen LogP contribution in [0.15, 0.2) is 48.5 Å². The highest BCUT2D eigenvalue weighted by Crippen LogP contribution is 2.10. The molecule has 0 fully saturated rings. The first-order valence-electron chi connectivity index (χ1n) is 8.38. The number of hydrogen-bond acceptors (Lipinski definition) is 3. The number of H-pyrrole nitrogens is 1. The van der Waals surface area contributed by atoms with Gasteiger partial charge in [-0.05, 0) is 29.7 Å². The molecule has 0 aliphatic rings. The second-order valence-electron chi connectivity index (χ2n) is 5.86. The van der Waals surface area contributed by atoms with Crippen LogP contribution in [0.4, 0.5) is 4.79 Å². The molecule has 0 bridgehead atoms. The quantitative estimate of drug-likeness (QED) is 0.532. The van der Waals surface area contributed by atoms with Gasteiger partial charge < -0.3 is 20.7 Å². The topological polar surface area (TPSA) is 90.0 Å². The minimum Gasteiger partial charge on any atom is -0.392 e. The summed E-state index contributed by atoms with van der Waals surface area (Å²) >= 11 is 0. The molecule has 0 radical (unpaired) electrons. The molecule has 1 aromatic heterocycles. The van der Waals surface area contributed by atoms with Crippen LogP contribution in [0, 0.1) is 0 Å². The van der Waals surface area contributed by atoms with Crippen molar-refractivity contribution in [3.8, 4) is 0 Å². The van der Waals surface area contributed by atoms with E-state index in [0.29, 0.717) is 19.5 Å². The minimum atomic E-state index is -0.178. The van der Waals surface area contributed by atoms with Crippen molar-refractivity contribution < 1.29 is 9.90 Å². The number of aliphatic hydroxyl groups is 1. The van der Waals surface area contributed by atoms with Gasteiger partial charge in [0.05, 0.1) is 17.6 Å². The van der Waals surface area contributed by atoms with Gasteiger partial charge >= 0.3 is 6.03 Å². The van der Waals surface area contributed by atoms with Crippen LogP contribution in [-0.2, 0) is 19.4 Å². The number of amides is 2. The van der Waals surface area contributed by atoms with Crippen LogP contribution >= 0.6 is 0 Å². The molecule has 0 aliphatic heterocycles. The predicted octanol–water partition coefficient (Wildman–Crippen LogP) is 2.14. The fraction of sp³-hybridized carbons (Fsp3) is 0.263. The van der Waals surface area contributed by atoms with E-state index in [1.165, 1.54) is 0 Å². The number of imidazole rings is 1. The van der Waals surface area contributed by atoms with Crippen LogP contribution in [-0.4, -0.2) is 34.2 Å². The first kappa shape index (κ1) is 17.0. The molecule has 0 saturated carbocycles. The Bertz CT molecular complexity index is 794. The Hall–Kier alpha value is -2.86. The summed E-state index contributed by atoms with van der Waals surface area (Å²) in [6.45, 7) is 1.14. The monoisotopic (exact) mass is 338 g/mol. The van der Waals surface area contributed by atoms with Crippen molar-refractivity contribution in [1.82, 2.24) is 20.6 Å². The fourth-order valence-corrected chi connectivity index (χ4v) is 2.61. The SMILES string of the molecule is O=C(NCCc1ccc(CO)cc1)NCCc1nc2ccccc2[nH]1. The lowest BCUT2D eigenvalue weighted by molar-refractivity contribution is 0.241. The maximum atomic E-state index is 11.8. The van der Waals surface area contributed by atoms with Gasteiger partial charge in [-0.3, -0.25) is 0 Å². The molecule has 0 atom stereocenters. The van der Waals surface area contributed by atoms with E-state index in [9.17, 15) is 4.79 Å². The van der Waals surface area contributed by atoms with Gasteiger partial charge in [-0.25, -0.2) is 9.78 Å². The van der Waals surface area contributed by atoms with Gasteiger partial charge in [0, 0.05) is 19.5 Å². The molecular formula is C19H22N4O2. The van der Waals surface area contributed by atoms with Gasteiger partial charge in [0.15, 0.2) is 0 Å². The van der Waals surface area contributed by atoms with E-state index >= 15 is 0 Å². The van der Waals surface area contributed by atoms with Crippen LogP contribution in [0.1, 0.15) is 17.0 Å². The van der Waals surface area contributed by atoms with Gasteiger partial charge in [-0.2, -0.15) is 0 Å². The lowest BCUT2D eigenvalue weighted by Gasteiger charge is -2.07. The molecule has 3 aromatic rings. The maximum Gasteiger partial charge on any atom is 0.314 e. The zero-order valence-electron chi connectivity index (χ0n) is 14.0. The van der Waals surface area contributed by atoms with E-state index in [1.807, 2.05) is 48.5 Å². The molecule has 0 saturated heterocycles. The third-order valence-electron chi connectivity index (χ3n) is 3.99. The number of para-hydroxylation sites is 2. The molecular weight excluding hydrogens is 316 g/mol. The first-order valence-corrected chi connectivity index (χ1v) is 8.38. The van der Waals surface area contributed by atoms with Gasteiger partial charge in [-0.15, -0.1) is 0 Å². The van der Waals surface area contributed by atoms with Crippen molar-refractivity contribution in [3.63, 3.8) is 0 Å². The normalized spacial score (nSPS) is 10.8. The second-order valence-corrected chi connectivity index (χ2v) is 5.86. The summed E-state index contributed by atoms with van der Waals surface area (Å²) < 4.78 is 0. The molecule has 0 aliphatic carbocycles. The fourth-order valence-electron chi connectivity index (χ4n) is 2.61. The minimum absolute atomic E-state index is 0.0478. The Morgan fingerprint density at radius 1 is 0.960 bits per heavy atom. The van der Waals surface area contributed by atoms with E-state index in [-0.39, 0.29) is 12.6 Å². The summed E-state index contributed by atoms with van der Waals surface area (Å²) in [4.78, 5) is 19.5. The van der Waals surface area contributed by atoms with Gasteiger partial charge in [0.1, 0.15) is 5.82 Å².